The van der Waals surface area contributed by atoms with E-state index in [-0.39, 0.29) is 12.0 Å². The summed E-state index contributed by atoms with van der Waals surface area (Å²) in [5.41, 5.74) is 7.36. The second-order valence-corrected chi connectivity index (χ2v) is 3.77. The first-order chi connectivity index (χ1) is 7.77. The Labute approximate surface area is 94.0 Å². The minimum absolute atomic E-state index is 0.136. The molecule has 2 rings (SSSR count). The molecule has 1 saturated heterocycles. The molecule has 84 valence electrons. The molecule has 0 spiro atoms. The molecule has 1 fully saturated rings. The van der Waals surface area contributed by atoms with Crippen LogP contribution in [0.3, 0.4) is 0 Å². The van der Waals surface area contributed by atoms with Crippen molar-refractivity contribution < 1.29 is 9.90 Å². The average molecular weight is 218 g/mol. The zero-order valence-corrected chi connectivity index (χ0v) is 8.76. The van der Waals surface area contributed by atoms with Crippen LogP contribution < -0.4 is 10.9 Å². The Morgan fingerprint density at radius 1 is 1.38 bits per heavy atom. The molecule has 0 amide bonds. The maximum atomic E-state index is 10.5. The lowest BCUT2D eigenvalue weighted by Crippen LogP contribution is -2.24. The van der Waals surface area contributed by atoms with E-state index in [9.17, 15) is 4.79 Å². The number of hydrogen-bond donors (Lipinski definition) is 3. The topological polar surface area (TPSA) is 61.4 Å². The van der Waals surface area contributed by atoms with Crippen LogP contribution in [-0.4, -0.2) is 17.6 Å². The molecular formula is C12H14N2O2. The first-order valence-corrected chi connectivity index (χ1v) is 5.22. The number of aliphatic carboxylic acids is 1. The van der Waals surface area contributed by atoms with E-state index in [2.05, 4.69) is 10.9 Å². The monoisotopic (exact) mass is 218 g/mol. The van der Waals surface area contributed by atoms with Crippen LogP contribution >= 0.6 is 0 Å². The Morgan fingerprint density at radius 2 is 2.12 bits per heavy atom. The first kappa shape index (κ1) is 10.9. The Hall–Kier alpha value is -1.65. The molecule has 1 aliphatic heterocycles. The van der Waals surface area contributed by atoms with E-state index in [4.69, 9.17) is 5.11 Å². The van der Waals surface area contributed by atoms with Crippen LogP contribution in [0.1, 0.15) is 11.6 Å². The minimum atomic E-state index is -0.904. The smallest absolute Gasteiger partial charge is 0.327 e. The van der Waals surface area contributed by atoms with Gasteiger partial charge in [-0.2, -0.15) is 0 Å². The molecule has 3 N–H and O–H groups in total. The maximum Gasteiger partial charge on any atom is 0.327 e. The normalized spacial score (nSPS) is 25.0. The fourth-order valence-electron chi connectivity index (χ4n) is 1.89. The molecule has 4 heteroatoms. The van der Waals surface area contributed by atoms with Gasteiger partial charge in [0, 0.05) is 18.5 Å². The Bertz CT molecular complexity index is 389. The van der Waals surface area contributed by atoms with Crippen molar-refractivity contribution in [3.8, 4) is 0 Å². The van der Waals surface area contributed by atoms with Crippen molar-refractivity contribution in [2.24, 2.45) is 5.92 Å². The van der Waals surface area contributed by atoms with E-state index in [1.54, 1.807) is 6.08 Å². The van der Waals surface area contributed by atoms with Crippen molar-refractivity contribution in [1.82, 2.24) is 10.9 Å². The average Bonchev–Trinajstić information content (AvgIpc) is 2.75. The minimum Gasteiger partial charge on any atom is -0.478 e. The maximum absolute atomic E-state index is 10.5. The second-order valence-electron chi connectivity index (χ2n) is 3.77. The lowest BCUT2D eigenvalue weighted by Gasteiger charge is -2.15. The van der Waals surface area contributed by atoms with Gasteiger partial charge in [-0.25, -0.2) is 10.2 Å². The molecule has 0 aliphatic carbocycles. The second kappa shape index (κ2) is 4.92. The fourth-order valence-corrected chi connectivity index (χ4v) is 1.89. The van der Waals surface area contributed by atoms with Gasteiger partial charge in [0.15, 0.2) is 0 Å². The van der Waals surface area contributed by atoms with Gasteiger partial charge in [0.2, 0.25) is 0 Å². The predicted octanol–water partition coefficient (Wildman–Crippen LogP) is 1.09. The summed E-state index contributed by atoms with van der Waals surface area (Å²) >= 11 is 0. The predicted molar refractivity (Wildman–Crippen MR) is 60.6 cm³/mol. The Balaban J connectivity index is 2.12. The summed E-state index contributed by atoms with van der Waals surface area (Å²) in [7, 11) is 0. The van der Waals surface area contributed by atoms with E-state index >= 15 is 0 Å². The van der Waals surface area contributed by atoms with Gasteiger partial charge in [-0.3, -0.25) is 5.43 Å². The standard InChI is InChI=1S/C12H14N2O2/c15-11(16)7-6-10-8-13-14-12(10)9-4-2-1-3-5-9/h1-7,10,12-14H,8H2,(H,15,16)/b7-6+. The van der Waals surface area contributed by atoms with Crippen molar-refractivity contribution in [2.75, 3.05) is 6.54 Å². The third kappa shape index (κ3) is 2.48. The van der Waals surface area contributed by atoms with Crippen molar-refractivity contribution in [1.29, 1.82) is 0 Å². The fraction of sp³-hybridized carbons (Fsp3) is 0.250. The number of hydrazine groups is 1. The third-order valence-electron chi connectivity index (χ3n) is 2.67. The summed E-state index contributed by atoms with van der Waals surface area (Å²) in [6, 6.07) is 10.1. The number of nitrogens with one attached hydrogen (secondary N) is 2. The summed E-state index contributed by atoms with van der Waals surface area (Å²) in [6.07, 6.45) is 2.93. The molecular weight excluding hydrogens is 204 g/mol. The number of carboxylic acid groups (broad SMARTS) is 1. The highest BCUT2D eigenvalue weighted by Crippen LogP contribution is 2.25. The van der Waals surface area contributed by atoms with Crippen molar-refractivity contribution in [3.05, 3.63) is 48.0 Å². The first-order valence-electron chi connectivity index (χ1n) is 5.22. The molecule has 2 unspecified atom stereocenters. The molecule has 1 aromatic rings. The summed E-state index contributed by atoms with van der Waals surface area (Å²) < 4.78 is 0. The SMILES string of the molecule is O=C(O)/C=C/C1CNNC1c1ccccc1. The highest BCUT2D eigenvalue weighted by molar-refractivity contribution is 5.79. The molecule has 0 bridgehead atoms. The van der Waals surface area contributed by atoms with Crippen LogP contribution in [0, 0.1) is 5.92 Å². The van der Waals surface area contributed by atoms with Crippen LogP contribution in [0.5, 0.6) is 0 Å². The van der Waals surface area contributed by atoms with Crippen molar-refractivity contribution in [3.63, 3.8) is 0 Å². The van der Waals surface area contributed by atoms with E-state index in [1.165, 1.54) is 6.08 Å². The molecule has 0 saturated carbocycles. The van der Waals surface area contributed by atoms with E-state index in [0.29, 0.717) is 0 Å². The quantitative estimate of drug-likeness (QED) is 0.665. The molecule has 0 aromatic heterocycles. The summed E-state index contributed by atoms with van der Waals surface area (Å²) in [5.74, 6) is -0.739. The highest BCUT2D eigenvalue weighted by Gasteiger charge is 2.25. The summed E-state index contributed by atoms with van der Waals surface area (Å²) in [6.45, 7) is 0.739. The lowest BCUT2D eigenvalue weighted by atomic mass is 9.95. The molecule has 0 radical (unpaired) electrons. The Kier molecular flexibility index (Phi) is 3.34. The van der Waals surface area contributed by atoms with E-state index < -0.39 is 5.97 Å². The van der Waals surface area contributed by atoms with Gasteiger partial charge in [0.1, 0.15) is 0 Å². The van der Waals surface area contributed by atoms with Gasteiger partial charge < -0.3 is 5.11 Å². The largest absolute Gasteiger partial charge is 0.478 e. The number of carboxylic acids is 1. The van der Waals surface area contributed by atoms with Crippen LogP contribution in [0.4, 0.5) is 0 Å². The number of rotatable bonds is 3. The van der Waals surface area contributed by atoms with Gasteiger partial charge in [-0.1, -0.05) is 36.4 Å². The molecule has 1 aliphatic rings. The molecule has 2 atom stereocenters. The summed E-state index contributed by atoms with van der Waals surface area (Å²) in [5, 5.41) is 8.60. The number of hydrogen-bond acceptors (Lipinski definition) is 3. The summed E-state index contributed by atoms with van der Waals surface area (Å²) in [4.78, 5) is 10.5. The number of carbonyl (C=O) groups is 1. The van der Waals surface area contributed by atoms with Gasteiger partial charge in [-0.15, -0.1) is 0 Å². The van der Waals surface area contributed by atoms with E-state index in [0.717, 1.165) is 12.1 Å². The zero-order valence-electron chi connectivity index (χ0n) is 8.76. The number of benzene rings is 1. The van der Waals surface area contributed by atoms with Crippen LogP contribution in [0.15, 0.2) is 42.5 Å². The molecule has 16 heavy (non-hydrogen) atoms. The third-order valence-corrected chi connectivity index (χ3v) is 2.67. The van der Waals surface area contributed by atoms with Gasteiger partial charge in [0.05, 0.1) is 6.04 Å². The molecule has 4 nitrogen and oxygen atoms in total. The zero-order chi connectivity index (χ0) is 11.4. The van der Waals surface area contributed by atoms with Crippen molar-refractivity contribution in [2.45, 2.75) is 6.04 Å². The van der Waals surface area contributed by atoms with Gasteiger partial charge in [0.25, 0.3) is 0 Å². The van der Waals surface area contributed by atoms with E-state index in [1.807, 2.05) is 30.3 Å². The highest BCUT2D eigenvalue weighted by atomic mass is 16.4. The van der Waals surface area contributed by atoms with Crippen molar-refractivity contribution >= 4 is 5.97 Å². The molecule has 1 aromatic carbocycles. The van der Waals surface area contributed by atoms with Crippen LogP contribution in [0.2, 0.25) is 0 Å². The Morgan fingerprint density at radius 3 is 2.81 bits per heavy atom. The molecule has 1 heterocycles. The lowest BCUT2D eigenvalue weighted by molar-refractivity contribution is -0.131. The van der Waals surface area contributed by atoms with Gasteiger partial charge in [-0.05, 0) is 5.56 Å². The van der Waals surface area contributed by atoms with Gasteiger partial charge >= 0.3 is 5.97 Å². The van der Waals surface area contributed by atoms with Crippen LogP contribution in [0.25, 0.3) is 0 Å². The van der Waals surface area contributed by atoms with Crippen LogP contribution in [-0.2, 0) is 4.79 Å².